The Morgan fingerprint density at radius 1 is 1.00 bits per heavy atom. The largest absolute Gasteiger partial charge is 0.493 e. The van der Waals surface area contributed by atoms with E-state index in [0.717, 1.165) is 36.6 Å². The Balaban J connectivity index is 0.00000225. The summed E-state index contributed by atoms with van der Waals surface area (Å²) in [5.74, 6) is 2.52. The van der Waals surface area contributed by atoms with E-state index in [1.54, 1.807) is 14.2 Å². The number of methoxy groups -OCH3 is 2. The molecular weight excluding hydrogens is 338 g/mol. The molecule has 2 aromatic carbocycles. The zero-order chi connectivity index (χ0) is 16.9. The van der Waals surface area contributed by atoms with E-state index in [1.165, 1.54) is 11.1 Å². The predicted molar refractivity (Wildman–Crippen MR) is 103 cm³/mol. The average Bonchev–Trinajstić information content (AvgIpc) is 3.01. The van der Waals surface area contributed by atoms with Crippen molar-refractivity contribution in [2.75, 3.05) is 20.8 Å². The van der Waals surface area contributed by atoms with Crippen molar-refractivity contribution < 1.29 is 14.2 Å². The Kier molecular flexibility index (Phi) is 6.97. The molecule has 0 aromatic heterocycles. The first-order valence-electron chi connectivity index (χ1n) is 8.38. The van der Waals surface area contributed by atoms with Crippen LogP contribution >= 0.6 is 12.4 Å². The number of hydrogen-bond acceptors (Lipinski definition) is 4. The van der Waals surface area contributed by atoms with Crippen LogP contribution in [0.3, 0.4) is 0 Å². The lowest BCUT2D eigenvalue weighted by molar-refractivity contribution is 0.212. The Labute approximate surface area is 155 Å². The summed E-state index contributed by atoms with van der Waals surface area (Å²) in [5.41, 5.74) is 2.67. The normalized spacial score (nSPS) is 14.4. The number of ether oxygens (including phenoxy) is 3. The number of hydrogen-bond donors (Lipinski definition) is 1. The third kappa shape index (κ3) is 4.80. The monoisotopic (exact) mass is 363 g/mol. The van der Waals surface area contributed by atoms with Gasteiger partial charge >= 0.3 is 0 Å². The Bertz CT molecular complexity index is 645. The van der Waals surface area contributed by atoms with Crippen LogP contribution in [-0.4, -0.2) is 32.9 Å². The lowest BCUT2D eigenvalue weighted by atomic mass is 10.1. The minimum absolute atomic E-state index is 0. The number of halogens is 1. The maximum atomic E-state index is 5.92. The van der Waals surface area contributed by atoms with Gasteiger partial charge in [-0.15, -0.1) is 12.4 Å². The number of fused-ring (bicyclic) bond motifs is 1. The summed E-state index contributed by atoms with van der Waals surface area (Å²) < 4.78 is 16.7. The summed E-state index contributed by atoms with van der Waals surface area (Å²) in [5, 5.41) is 3.62. The molecule has 0 saturated heterocycles. The fourth-order valence-corrected chi connectivity index (χ4v) is 3.20. The molecule has 0 bridgehead atoms. The summed E-state index contributed by atoms with van der Waals surface area (Å²) in [6, 6.07) is 14.6. The van der Waals surface area contributed by atoms with Crippen LogP contribution in [0.4, 0.5) is 0 Å². The Morgan fingerprint density at radius 3 is 2.08 bits per heavy atom. The molecule has 0 amide bonds. The van der Waals surface area contributed by atoms with E-state index < -0.39 is 0 Å². The molecule has 1 N–H and O–H groups in total. The topological polar surface area (TPSA) is 39.7 Å². The van der Waals surface area contributed by atoms with Crippen molar-refractivity contribution in [3.63, 3.8) is 0 Å². The molecule has 0 fully saturated rings. The summed E-state index contributed by atoms with van der Waals surface area (Å²) in [7, 11) is 3.36. The average molecular weight is 364 g/mol. The second-order valence-corrected chi connectivity index (χ2v) is 6.23. The highest BCUT2D eigenvalue weighted by atomic mass is 35.5. The van der Waals surface area contributed by atoms with Crippen LogP contribution in [0.5, 0.6) is 17.2 Å². The summed E-state index contributed by atoms with van der Waals surface area (Å²) in [6.45, 7) is 2.91. The van der Waals surface area contributed by atoms with Gasteiger partial charge in [0.05, 0.1) is 14.2 Å². The predicted octanol–water partition coefficient (Wildman–Crippen LogP) is 3.65. The SMILES string of the molecule is COc1cc2c(cc1OC)CC(NCC(C)Oc1ccccc1)C2.Cl. The van der Waals surface area contributed by atoms with Crippen molar-refractivity contribution in [3.05, 3.63) is 53.6 Å². The van der Waals surface area contributed by atoms with Crippen molar-refractivity contribution in [2.45, 2.75) is 31.9 Å². The highest BCUT2D eigenvalue weighted by Crippen LogP contribution is 2.34. The zero-order valence-electron chi connectivity index (χ0n) is 15.0. The molecule has 1 aliphatic rings. The first-order valence-corrected chi connectivity index (χ1v) is 8.38. The van der Waals surface area contributed by atoms with Gasteiger partial charge < -0.3 is 19.5 Å². The molecule has 25 heavy (non-hydrogen) atoms. The van der Waals surface area contributed by atoms with Gasteiger partial charge in [-0.2, -0.15) is 0 Å². The van der Waals surface area contributed by atoms with Crippen LogP contribution in [0.2, 0.25) is 0 Å². The number of benzene rings is 2. The lowest BCUT2D eigenvalue weighted by Gasteiger charge is -2.18. The molecule has 136 valence electrons. The van der Waals surface area contributed by atoms with Crippen molar-refractivity contribution in [3.8, 4) is 17.2 Å². The molecule has 0 aliphatic heterocycles. The van der Waals surface area contributed by atoms with Gasteiger partial charge in [-0.25, -0.2) is 0 Å². The van der Waals surface area contributed by atoms with E-state index in [4.69, 9.17) is 14.2 Å². The Morgan fingerprint density at radius 2 is 1.56 bits per heavy atom. The Hall–Kier alpha value is -1.91. The molecule has 4 nitrogen and oxygen atoms in total. The second kappa shape index (κ2) is 8.97. The second-order valence-electron chi connectivity index (χ2n) is 6.23. The van der Waals surface area contributed by atoms with Crippen molar-refractivity contribution in [2.24, 2.45) is 0 Å². The molecular formula is C20H26ClNO3. The number of nitrogens with one attached hydrogen (secondary N) is 1. The standard InChI is InChI=1S/C20H25NO3.ClH/c1-14(24-18-7-5-4-6-8-18)13-21-17-9-15-11-19(22-2)20(23-3)12-16(15)10-17;/h4-8,11-12,14,17,21H,9-10,13H2,1-3H3;1H. The van der Waals surface area contributed by atoms with Gasteiger partial charge in [0.15, 0.2) is 11.5 Å². The summed E-state index contributed by atoms with van der Waals surface area (Å²) >= 11 is 0. The number of rotatable bonds is 7. The van der Waals surface area contributed by atoms with E-state index in [0.29, 0.717) is 6.04 Å². The highest BCUT2D eigenvalue weighted by molar-refractivity contribution is 5.85. The molecule has 5 heteroatoms. The van der Waals surface area contributed by atoms with Crippen LogP contribution in [0, 0.1) is 0 Å². The third-order valence-corrected chi connectivity index (χ3v) is 4.41. The molecule has 1 atom stereocenters. The third-order valence-electron chi connectivity index (χ3n) is 4.41. The quantitative estimate of drug-likeness (QED) is 0.815. The first-order chi connectivity index (χ1) is 11.7. The molecule has 0 spiro atoms. The van der Waals surface area contributed by atoms with Crippen LogP contribution in [-0.2, 0) is 12.8 Å². The molecule has 2 aromatic rings. The van der Waals surface area contributed by atoms with Gasteiger partial charge in [0, 0.05) is 12.6 Å². The van der Waals surface area contributed by atoms with Crippen molar-refractivity contribution in [1.29, 1.82) is 0 Å². The molecule has 0 radical (unpaired) electrons. The van der Waals surface area contributed by atoms with E-state index in [1.807, 2.05) is 30.3 Å². The van der Waals surface area contributed by atoms with E-state index in [9.17, 15) is 0 Å². The first kappa shape index (κ1) is 19.4. The molecule has 0 heterocycles. The van der Waals surface area contributed by atoms with Gasteiger partial charge in [-0.3, -0.25) is 0 Å². The minimum Gasteiger partial charge on any atom is -0.493 e. The lowest BCUT2D eigenvalue weighted by Crippen LogP contribution is -2.37. The highest BCUT2D eigenvalue weighted by Gasteiger charge is 2.24. The fraction of sp³-hybridized carbons (Fsp3) is 0.400. The maximum absolute atomic E-state index is 5.92. The van der Waals surface area contributed by atoms with Crippen molar-refractivity contribution in [1.82, 2.24) is 5.32 Å². The minimum atomic E-state index is 0. The van der Waals surface area contributed by atoms with Gasteiger partial charge in [0.1, 0.15) is 11.9 Å². The summed E-state index contributed by atoms with van der Waals surface area (Å²) in [4.78, 5) is 0. The molecule has 3 rings (SSSR count). The van der Waals surface area contributed by atoms with Crippen LogP contribution in [0.1, 0.15) is 18.1 Å². The van der Waals surface area contributed by atoms with Gasteiger partial charge in [-0.05, 0) is 55.2 Å². The van der Waals surface area contributed by atoms with Gasteiger partial charge in [-0.1, -0.05) is 18.2 Å². The molecule has 1 unspecified atom stereocenters. The van der Waals surface area contributed by atoms with E-state index in [2.05, 4.69) is 24.4 Å². The maximum Gasteiger partial charge on any atom is 0.161 e. The molecule has 0 saturated carbocycles. The summed E-state index contributed by atoms with van der Waals surface area (Å²) in [6.07, 6.45) is 2.14. The van der Waals surface area contributed by atoms with E-state index >= 15 is 0 Å². The zero-order valence-corrected chi connectivity index (χ0v) is 15.8. The van der Waals surface area contributed by atoms with Crippen LogP contribution < -0.4 is 19.5 Å². The van der Waals surface area contributed by atoms with Gasteiger partial charge in [0.2, 0.25) is 0 Å². The van der Waals surface area contributed by atoms with Crippen LogP contribution in [0.15, 0.2) is 42.5 Å². The number of para-hydroxylation sites is 1. The van der Waals surface area contributed by atoms with E-state index in [-0.39, 0.29) is 18.5 Å². The smallest absolute Gasteiger partial charge is 0.161 e. The molecule has 1 aliphatic carbocycles. The van der Waals surface area contributed by atoms with Crippen molar-refractivity contribution >= 4 is 12.4 Å². The van der Waals surface area contributed by atoms with Crippen LogP contribution in [0.25, 0.3) is 0 Å². The van der Waals surface area contributed by atoms with Gasteiger partial charge in [0.25, 0.3) is 0 Å². The fourth-order valence-electron chi connectivity index (χ4n) is 3.20.